The first-order chi connectivity index (χ1) is 6.86. The van der Waals surface area contributed by atoms with Crippen LogP contribution in [0.3, 0.4) is 0 Å². The minimum absolute atomic E-state index is 0.750. The van der Waals surface area contributed by atoms with E-state index in [1.54, 1.807) is 0 Å². The normalized spacial score (nSPS) is 27.0. The zero-order valence-electron chi connectivity index (χ0n) is 9.42. The average Bonchev–Trinajstić information content (AvgIpc) is 2.61. The van der Waals surface area contributed by atoms with Crippen LogP contribution < -0.4 is 5.32 Å². The van der Waals surface area contributed by atoms with Crippen molar-refractivity contribution in [1.29, 1.82) is 0 Å². The van der Waals surface area contributed by atoms with Gasteiger partial charge >= 0.3 is 0 Å². The lowest BCUT2D eigenvalue weighted by molar-refractivity contribution is 0.147. The molecule has 0 bridgehead atoms. The number of nitrogens with one attached hydrogen (secondary N) is 1. The van der Waals surface area contributed by atoms with Crippen LogP contribution in [0, 0.1) is 0 Å². The quantitative estimate of drug-likeness (QED) is 0.661. The van der Waals surface area contributed by atoms with Gasteiger partial charge in [0.15, 0.2) is 0 Å². The van der Waals surface area contributed by atoms with Crippen molar-refractivity contribution in [3.05, 3.63) is 0 Å². The van der Waals surface area contributed by atoms with E-state index in [1.165, 1.54) is 25.0 Å². The molecule has 2 nitrogen and oxygen atoms in total. The monoisotopic (exact) mass is 217 g/mol. The number of hydrogen-bond acceptors (Lipinski definition) is 3. The lowest BCUT2D eigenvalue weighted by atomic mass is 10.2. The molecule has 0 saturated heterocycles. The average molecular weight is 217 g/mol. The Balaban J connectivity index is 1.98. The summed E-state index contributed by atoms with van der Waals surface area (Å²) >= 11 is 2.12. The Bertz CT molecular complexity index is 143. The van der Waals surface area contributed by atoms with E-state index in [9.17, 15) is 0 Å². The summed E-state index contributed by atoms with van der Waals surface area (Å²) in [6.07, 6.45) is 4.10. The summed E-state index contributed by atoms with van der Waals surface area (Å²) in [4.78, 5) is 0. The second-order valence-corrected chi connectivity index (χ2v) is 5.32. The van der Waals surface area contributed by atoms with E-state index in [0.717, 1.165) is 31.1 Å². The first-order valence-corrected chi connectivity index (χ1v) is 6.84. The molecule has 0 heterocycles. The molecule has 0 aliphatic heterocycles. The zero-order chi connectivity index (χ0) is 10.2. The van der Waals surface area contributed by atoms with Gasteiger partial charge in [-0.3, -0.25) is 0 Å². The van der Waals surface area contributed by atoms with Crippen molar-refractivity contribution in [3.63, 3.8) is 0 Å². The van der Waals surface area contributed by atoms with Gasteiger partial charge in [-0.25, -0.2) is 0 Å². The van der Waals surface area contributed by atoms with Crippen molar-refractivity contribution >= 4 is 11.8 Å². The molecular formula is C11H23NOS. The molecule has 0 aromatic heterocycles. The highest BCUT2D eigenvalue weighted by Gasteiger charge is 2.23. The Morgan fingerprint density at radius 3 is 2.93 bits per heavy atom. The van der Waals surface area contributed by atoms with E-state index in [0.29, 0.717) is 0 Å². The van der Waals surface area contributed by atoms with Crippen LogP contribution in [0.4, 0.5) is 0 Å². The summed E-state index contributed by atoms with van der Waals surface area (Å²) in [6.45, 7) is 7.01. The Kier molecular flexibility index (Phi) is 6.65. The first kappa shape index (κ1) is 12.3. The molecule has 1 saturated carbocycles. The molecule has 1 rings (SSSR count). The molecule has 3 heteroatoms. The van der Waals surface area contributed by atoms with Crippen molar-refractivity contribution in [2.24, 2.45) is 0 Å². The number of ether oxygens (including phenoxy) is 1. The van der Waals surface area contributed by atoms with Gasteiger partial charge < -0.3 is 10.1 Å². The van der Waals surface area contributed by atoms with Gasteiger partial charge in [-0.15, -0.1) is 0 Å². The highest BCUT2D eigenvalue weighted by atomic mass is 32.2. The van der Waals surface area contributed by atoms with Gasteiger partial charge in [-0.05, 0) is 31.9 Å². The Labute approximate surface area is 92.2 Å². The summed E-state index contributed by atoms with van der Waals surface area (Å²) in [5, 5.41) is 4.47. The van der Waals surface area contributed by atoms with Crippen LogP contribution in [0.5, 0.6) is 0 Å². The summed E-state index contributed by atoms with van der Waals surface area (Å²) in [5.41, 5.74) is 0. The van der Waals surface area contributed by atoms with Crippen LogP contribution in [-0.4, -0.2) is 36.8 Å². The lowest BCUT2D eigenvalue weighted by Gasteiger charge is -2.12. The number of thioether (sulfide) groups is 1. The summed E-state index contributed by atoms with van der Waals surface area (Å²) in [6, 6.07) is 0.750. The molecule has 0 aromatic carbocycles. The van der Waals surface area contributed by atoms with Gasteiger partial charge in [0.2, 0.25) is 0 Å². The molecule has 0 radical (unpaired) electrons. The third-order valence-electron chi connectivity index (χ3n) is 2.67. The minimum Gasteiger partial charge on any atom is -0.380 e. The largest absolute Gasteiger partial charge is 0.380 e. The van der Waals surface area contributed by atoms with Crippen molar-refractivity contribution < 1.29 is 4.74 Å². The second kappa shape index (κ2) is 7.55. The maximum absolute atomic E-state index is 5.30. The van der Waals surface area contributed by atoms with Crippen LogP contribution in [0.25, 0.3) is 0 Å². The maximum atomic E-state index is 5.30. The van der Waals surface area contributed by atoms with E-state index >= 15 is 0 Å². The predicted octanol–water partition coefficient (Wildman–Crippen LogP) is 2.29. The summed E-state index contributed by atoms with van der Waals surface area (Å²) in [7, 11) is 0. The Morgan fingerprint density at radius 1 is 1.36 bits per heavy atom. The molecule has 2 unspecified atom stereocenters. The van der Waals surface area contributed by atoms with Gasteiger partial charge in [0.05, 0.1) is 6.61 Å². The third-order valence-corrected chi connectivity index (χ3v) is 3.90. The van der Waals surface area contributed by atoms with E-state index in [1.807, 2.05) is 6.92 Å². The molecule has 1 fully saturated rings. The summed E-state index contributed by atoms with van der Waals surface area (Å²) < 4.78 is 5.30. The SMILES string of the molecule is CCOCCNC1CCC(SCC)C1. The summed E-state index contributed by atoms with van der Waals surface area (Å²) in [5.74, 6) is 1.26. The van der Waals surface area contributed by atoms with Crippen LogP contribution in [0.2, 0.25) is 0 Å². The van der Waals surface area contributed by atoms with E-state index < -0.39 is 0 Å². The highest BCUT2D eigenvalue weighted by molar-refractivity contribution is 7.99. The molecule has 1 N–H and O–H groups in total. The van der Waals surface area contributed by atoms with Gasteiger partial charge in [0.25, 0.3) is 0 Å². The number of hydrogen-bond donors (Lipinski definition) is 1. The standard InChI is InChI=1S/C11H23NOS/c1-3-13-8-7-12-10-5-6-11(9-10)14-4-2/h10-12H,3-9H2,1-2H3. The Morgan fingerprint density at radius 2 is 2.21 bits per heavy atom. The molecule has 1 aliphatic carbocycles. The number of rotatable bonds is 7. The van der Waals surface area contributed by atoms with E-state index in [-0.39, 0.29) is 0 Å². The zero-order valence-corrected chi connectivity index (χ0v) is 10.2. The molecule has 0 spiro atoms. The van der Waals surface area contributed by atoms with Crippen LogP contribution in [-0.2, 0) is 4.74 Å². The van der Waals surface area contributed by atoms with Gasteiger partial charge in [-0.2, -0.15) is 11.8 Å². The lowest BCUT2D eigenvalue weighted by Crippen LogP contribution is -2.30. The fraction of sp³-hybridized carbons (Fsp3) is 1.00. The molecule has 2 atom stereocenters. The van der Waals surface area contributed by atoms with Gasteiger partial charge in [0, 0.05) is 24.4 Å². The topological polar surface area (TPSA) is 21.3 Å². The van der Waals surface area contributed by atoms with Crippen molar-refractivity contribution in [2.75, 3.05) is 25.5 Å². The smallest absolute Gasteiger partial charge is 0.0590 e. The van der Waals surface area contributed by atoms with Gasteiger partial charge in [-0.1, -0.05) is 6.92 Å². The predicted molar refractivity (Wildman–Crippen MR) is 64.1 cm³/mol. The third kappa shape index (κ3) is 4.67. The molecule has 1 aliphatic rings. The Hall–Kier alpha value is 0.270. The minimum atomic E-state index is 0.750. The molecule has 0 amide bonds. The fourth-order valence-corrected chi connectivity index (χ4v) is 3.13. The van der Waals surface area contributed by atoms with Crippen molar-refractivity contribution in [3.8, 4) is 0 Å². The van der Waals surface area contributed by atoms with Crippen molar-refractivity contribution in [2.45, 2.75) is 44.4 Å². The fourth-order valence-electron chi connectivity index (χ4n) is 1.99. The first-order valence-electron chi connectivity index (χ1n) is 5.79. The van der Waals surface area contributed by atoms with Crippen LogP contribution >= 0.6 is 11.8 Å². The van der Waals surface area contributed by atoms with Crippen LogP contribution in [0.15, 0.2) is 0 Å². The van der Waals surface area contributed by atoms with Crippen LogP contribution in [0.1, 0.15) is 33.1 Å². The highest BCUT2D eigenvalue weighted by Crippen LogP contribution is 2.29. The molecular weight excluding hydrogens is 194 g/mol. The maximum Gasteiger partial charge on any atom is 0.0590 e. The van der Waals surface area contributed by atoms with Crippen molar-refractivity contribution in [1.82, 2.24) is 5.32 Å². The van der Waals surface area contributed by atoms with Gasteiger partial charge in [0.1, 0.15) is 0 Å². The second-order valence-electron chi connectivity index (χ2n) is 3.74. The molecule has 84 valence electrons. The molecule has 0 aromatic rings. The van der Waals surface area contributed by atoms with E-state index in [4.69, 9.17) is 4.74 Å². The van der Waals surface area contributed by atoms with E-state index in [2.05, 4.69) is 24.0 Å². The molecule has 14 heavy (non-hydrogen) atoms.